The molecule has 0 radical (unpaired) electrons. The van der Waals surface area contributed by atoms with Gasteiger partial charge in [-0.1, -0.05) is 18.2 Å². The lowest BCUT2D eigenvalue weighted by molar-refractivity contribution is -0.190. The van der Waals surface area contributed by atoms with E-state index in [1.165, 1.54) is 0 Å². The van der Waals surface area contributed by atoms with E-state index in [1.807, 2.05) is 30.3 Å². The normalized spacial score (nSPS) is 23.8. The third-order valence-electron chi connectivity index (χ3n) is 5.17. The van der Waals surface area contributed by atoms with Crippen LogP contribution in [-0.4, -0.2) is 34.7 Å². The van der Waals surface area contributed by atoms with E-state index >= 15 is 0 Å². The number of amides is 1. The van der Waals surface area contributed by atoms with Crippen LogP contribution >= 0.6 is 0 Å². The number of nitrogens with one attached hydrogen (secondary N) is 1. The number of nitrogens with zero attached hydrogens (tertiary/aromatic N) is 3. The van der Waals surface area contributed by atoms with Gasteiger partial charge in [0.25, 0.3) is 5.91 Å². The fourth-order valence-corrected chi connectivity index (χ4v) is 3.81. The predicted octanol–water partition coefficient (Wildman–Crippen LogP) is 2.33. The summed E-state index contributed by atoms with van der Waals surface area (Å²) < 4.78 is 13.3. The number of rotatable bonds is 4. The highest BCUT2D eigenvalue weighted by molar-refractivity contribution is 5.98. The predicted molar refractivity (Wildman–Crippen MR) is 97.1 cm³/mol. The number of hydrogen-bond acceptors (Lipinski definition) is 6. The van der Waals surface area contributed by atoms with Gasteiger partial charge in [-0.2, -0.15) is 10.4 Å². The van der Waals surface area contributed by atoms with Crippen molar-refractivity contribution >= 4 is 17.4 Å². The summed E-state index contributed by atoms with van der Waals surface area (Å²) in [6.07, 6.45) is 3.45. The number of ether oxygens (including phenoxy) is 2. The number of nitrogens with two attached hydrogens (primary N) is 1. The lowest BCUT2D eigenvalue weighted by atomic mass is 9.81. The standard InChI is InChI=1S/C19H21N5O3/c20-11-13-6-7-19(26-8-9-27-19)10-16(13)24-12-15(17(21)25)18(23-24)22-14-4-2-1-3-5-14/h1-5,12-13,16H,6-10H2,(H2,21,25)(H,22,23)/t13?,16-/m1/s1. The molecule has 8 nitrogen and oxygen atoms in total. The Bertz CT molecular complexity index is 867. The Balaban J connectivity index is 1.66. The number of nitriles is 1. The average Bonchev–Trinajstić information content (AvgIpc) is 3.30. The maximum Gasteiger partial charge on any atom is 0.254 e. The first-order valence-electron chi connectivity index (χ1n) is 8.99. The van der Waals surface area contributed by atoms with Gasteiger partial charge < -0.3 is 20.5 Å². The summed E-state index contributed by atoms with van der Waals surface area (Å²) in [6, 6.07) is 11.5. The van der Waals surface area contributed by atoms with Crippen molar-refractivity contribution in [1.29, 1.82) is 5.26 Å². The molecule has 2 heterocycles. The molecule has 1 aliphatic heterocycles. The minimum absolute atomic E-state index is 0.242. The van der Waals surface area contributed by atoms with Crippen molar-refractivity contribution in [2.24, 2.45) is 11.7 Å². The van der Waals surface area contributed by atoms with Crippen molar-refractivity contribution in [2.45, 2.75) is 31.1 Å². The summed E-state index contributed by atoms with van der Waals surface area (Å²) >= 11 is 0. The molecule has 1 spiro atoms. The van der Waals surface area contributed by atoms with Crippen LogP contribution in [-0.2, 0) is 9.47 Å². The Morgan fingerprint density at radius 2 is 2.07 bits per heavy atom. The summed E-state index contributed by atoms with van der Waals surface area (Å²) in [7, 11) is 0. The molecule has 2 fully saturated rings. The molecule has 2 aromatic rings. The topological polar surface area (TPSA) is 115 Å². The Hall–Kier alpha value is -2.89. The highest BCUT2D eigenvalue weighted by Gasteiger charge is 2.46. The minimum atomic E-state index is -0.663. The fourth-order valence-electron chi connectivity index (χ4n) is 3.81. The fraction of sp³-hybridized carbons (Fsp3) is 0.421. The van der Waals surface area contributed by atoms with Gasteiger partial charge in [0, 0.05) is 24.7 Å². The van der Waals surface area contributed by atoms with Crippen LogP contribution in [0.1, 0.15) is 35.7 Å². The van der Waals surface area contributed by atoms with Gasteiger partial charge in [-0.05, 0) is 18.6 Å². The van der Waals surface area contributed by atoms with Crippen LogP contribution in [0.15, 0.2) is 36.5 Å². The summed E-state index contributed by atoms with van der Waals surface area (Å²) in [5.74, 6) is -1.11. The summed E-state index contributed by atoms with van der Waals surface area (Å²) in [6.45, 7) is 1.10. The maximum absolute atomic E-state index is 11.9. The van der Waals surface area contributed by atoms with Crippen molar-refractivity contribution in [2.75, 3.05) is 18.5 Å². The number of aromatic nitrogens is 2. The Morgan fingerprint density at radius 1 is 1.33 bits per heavy atom. The number of hydrogen-bond donors (Lipinski definition) is 2. The number of para-hydroxylation sites is 1. The molecular weight excluding hydrogens is 346 g/mol. The third-order valence-corrected chi connectivity index (χ3v) is 5.17. The molecule has 1 aromatic carbocycles. The molecule has 0 bridgehead atoms. The molecule has 1 unspecified atom stereocenters. The Morgan fingerprint density at radius 3 is 2.74 bits per heavy atom. The van der Waals surface area contributed by atoms with Gasteiger partial charge >= 0.3 is 0 Å². The summed E-state index contributed by atoms with van der Waals surface area (Å²) in [5.41, 5.74) is 6.62. The quantitative estimate of drug-likeness (QED) is 0.857. The maximum atomic E-state index is 11.9. The van der Waals surface area contributed by atoms with Gasteiger partial charge in [-0.25, -0.2) is 0 Å². The van der Waals surface area contributed by atoms with E-state index in [9.17, 15) is 10.1 Å². The SMILES string of the molecule is N#CC1CCC2(C[C@H]1n1cc(C(N)=O)c(Nc3ccccc3)n1)OCCO2. The van der Waals surface area contributed by atoms with Gasteiger partial charge in [-0.3, -0.25) is 9.48 Å². The van der Waals surface area contributed by atoms with Crippen LogP contribution in [0.4, 0.5) is 11.5 Å². The first kappa shape index (κ1) is 17.5. The molecule has 1 aromatic heterocycles. The average molecular weight is 367 g/mol. The van der Waals surface area contributed by atoms with E-state index in [0.29, 0.717) is 38.3 Å². The van der Waals surface area contributed by atoms with E-state index in [-0.39, 0.29) is 17.5 Å². The highest BCUT2D eigenvalue weighted by Crippen LogP contribution is 2.44. The van der Waals surface area contributed by atoms with Crippen LogP contribution in [0, 0.1) is 17.2 Å². The van der Waals surface area contributed by atoms with Crippen LogP contribution in [0.5, 0.6) is 0 Å². The van der Waals surface area contributed by atoms with Gasteiger partial charge in [0.15, 0.2) is 11.6 Å². The van der Waals surface area contributed by atoms with Gasteiger partial charge in [0.05, 0.1) is 31.2 Å². The zero-order valence-electron chi connectivity index (χ0n) is 14.8. The molecule has 27 heavy (non-hydrogen) atoms. The lowest BCUT2D eigenvalue weighted by Crippen LogP contribution is -2.41. The van der Waals surface area contributed by atoms with Crippen LogP contribution < -0.4 is 11.1 Å². The van der Waals surface area contributed by atoms with Crippen molar-refractivity contribution in [3.05, 3.63) is 42.1 Å². The molecule has 2 aliphatic rings. The Kier molecular flexibility index (Phi) is 4.56. The number of anilines is 2. The lowest BCUT2D eigenvalue weighted by Gasteiger charge is -2.38. The first-order valence-corrected chi connectivity index (χ1v) is 8.99. The van der Waals surface area contributed by atoms with Crippen LogP contribution in [0.2, 0.25) is 0 Å². The zero-order chi connectivity index (χ0) is 18.9. The smallest absolute Gasteiger partial charge is 0.254 e. The van der Waals surface area contributed by atoms with Crippen LogP contribution in [0.3, 0.4) is 0 Å². The first-order chi connectivity index (χ1) is 13.1. The van der Waals surface area contributed by atoms with Gasteiger partial charge in [0.1, 0.15) is 5.56 Å². The molecular formula is C19H21N5O3. The second-order valence-corrected chi connectivity index (χ2v) is 6.88. The number of primary amides is 1. The minimum Gasteiger partial charge on any atom is -0.365 e. The van der Waals surface area contributed by atoms with Crippen LogP contribution in [0.25, 0.3) is 0 Å². The van der Waals surface area contributed by atoms with Crippen molar-refractivity contribution < 1.29 is 14.3 Å². The number of carbonyl (C=O) groups is 1. The number of benzene rings is 1. The molecule has 1 amide bonds. The monoisotopic (exact) mass is 367 g/mol. The van der Waals surface area contributed by atoms with Gasteiger partial charge in [0.2, 0.25) is 0 Å². The number of carbonyl (C=O) groups excluding carboxylic acids is 1. The van der Waals surface area contributed by atoms with E-state index in [0.717, 1.165) is 5.69 Å². The van der Waals surface area contributed by atoms with E-state index in [4.69, 9.17) is 15.2 Å². The molecule has 2 atom stereocenters. The molecule has 3 N–H and O–H groups in total. The summed E-state index contributed by atoms with van der Waals surface area (Å²) in [5, 5.41) is 17.3. The largest absolute Gasteiger partial charge is 0.365 e. The molecule has 140 valence electrons. The molecule has 4 rings (SSSR count). The van der Waals surface area contributed by atoms with E-state index < -0.39 is 11.7 Å². The molecule has 1 saturated carbocycles. The van der Waals surface area contributed by atoms with E-state index in [1.54, 1.807) is 10.9 Å². The summed E-state index contributed by atoms with van der Waals surface area (Å²) in [4.78, 5) is 11.9. The molecule has 1 aliphatic carbocycles. The van der Waals surface area contributed by atoms with Crippen molar-refractivity contribution in [1.82, 2.24) is 9.78 Å². The second kappa shape index (κ2) is 7.02. The zero-order valence-corrected chi connectivity index (χ0v) is 14.8. The van der Waals surface area contributed by atoms with Crippen molar-refractivity contribution in [3.63, 3.8) is 0 Å². The molecule has 1 saturated heterocycles. The van der Waals surface area contributed by atoms with Gasteiger partial charge in [-0.15, -0.1) is 0 Å². The van der Waals surface area contributed by atoms with Crippen molar-refractivity contribution in [3.8, 4) is 6.07 Å². The highest BCUT2D eigenvalue weighted by atomic mass is 16.7. The Labute approximate surface area is 156 Å². The second-order valence-electron chi connectivity index (χ2n) is 6.88. The van der Waals surface area contributed by atoms with E-state index in [2.05, 4.69) is 16.5 Å². The molecule has 8 heteroatoms. The third kappa shape index (κ3) is 3.39.